The van der Waals surface area contributed by atoms with Gasteiger partial charge in [0, 0.05) is 55.1 Å². The Morgan fingerprint density at radius 2 is 1.87 bits per heavy atom. The molecule has 0 atom stereocenters. The van der Waals surface area contributed by atoms with Gasteiger partial charge in [-0.1, -0.05) is 11.6 Å². The third kappa shape index (κ3) is 4.65. The lowest BCUT2D eigenvalue weighted by Crippen LogP contribution is -2.49. The number of rotatable bonds is 4. The number of ketones is 1. The second-order valence-corrected chi connectivity index (χ2v) is 10.5. The number of benzene rings is 2. The lowest BCUT2D eigenvalue weighted by Gasteiger charge is -2.38. The van der Waals surface area contributed by atoms with Gasteiger partial charge in [-0.25, -0.2) is 19.6 Å². The Labute approximate surface area is 229 Å². The molecule has 39 heavy (non-hydrogen) atoms. The molecule has 0 radical (unpaired) electrons. The molecule has 0 bridgehead atoms. The van der Waals surface area contributed by atoms with E-state index >= 15 is 0 Å². The maximum absolute atomic E-state index is 13.3. The van der Waals surface area contributed by atoms with Gasteiger partial charge in [0.25, 0.3) is 0 Å². The monoisotopic (exact) mass is 546 g/mol. The number of nitrogens with one attached hydrogen (secondary N) is 1. The molecule has 0 unspecified atom stereocenters. The van der Waals surface area contributed by atoms with Crippen molar-refractivity contribution >= 4 is 46.0 Å². The summed E-state index contributed by atoms with van der Waals surface area (Å²) in [6.07, 6.45) is 3.69. The van der Waals surface area contributed by atoms with E-state index in [-0.39, 0.29) is 23.6 Å². The van der Waals surface area contributed by atoms with Crippen LogP contribution in [0.1, 0.15) is 40.0 Å². The number of piperidine rings is 1. The van der Waals surface area contributed by atoms with Gasteiger partial charge in [0.15, 0.2) is 5.58 Å². The minimum atomic E-state index is -0.475. The molecule has 6 rings (SSSR count). The van der Waals surface area contributed by atoms with Crippen molar-refractivity contribution in [1.29, 1.82) is 0 Å². The fraction of sp³-hybridized carbons (Fsp3) is 0.321. The van der Waals surface area contributed by atoms with Crippen molar-refractivity contribution in [2.75, 3.05) is 29.9 Å². The van der Waals surface area contributed by atoms with E-state index in [0.29, 0.717) is 47.1 Å². The summed E-state index contributed by atoms with van der Waals surface area (Å²) in [6, 6.07) is 10.6. The van der Waals surface area contributed by atoms with E-state index in [2.05, 4.69) is 20.2 Å². The molecule has 2 aromatic heterocycles. The van der Waals surface area contributed by atoms with E-state index in [1.807, 2.05) is 24.0 Å². The molecule has 2 aromatic carbocycles. The highest BCUT2D eigenvalue weighted by Crippen LogP contribution is 2.28. The minimum Gasteiger partial charge on any atom is -0.408 e. The van der Waals surface area contributed by atoms with Gasteiger partial charge in [0.1, 0.15) is 17.8 Å². The molecule has 4 aromatic rings. The molecule has 1 fully saturated rings. The summed E-state index contributed by atoms with van der Waals surface area (Å²) in [7, 11) is 1.64. The number of urea groups is 1. The normalized spacial score (nSPS) is 16.2. The SMILES string of the molecule is Cc1cc(C(=O)c2cc(N3CCC(N4CCc5cc(Cl)ccc5NC4=O)CC3)ncn2)cc2oc(=O)n(C)c12. The summed E-state index contributed by atoms with van der Waals surface area (Å²) in [6.45, 7) is 3.85. The summed E-state index contributed by atoms with van der Waals surface area (Å²) in [5, 5.41) is 3.69. The van der Waals surface area contributed by atoms with Crippen LogP contribution in [-0.2, 0) is 13.5 Å². The molecule has 11 heteroatoms. The van der Waals surface area contributed by atoms with Gasteiger partial charge in [-0.15, -0.1) is 0 Å². The van der Waals surface area contributed by atoms with Crippen LogP contribution in [0.25, 0.3) is 11.1 Å². The summed E-state index contributed by atoms with van der Waals surface area (Å²) >= 11 is 6.15. The van der Waals surface area contributed by atoms with Gasteiger partial charge in [-0.2, -0.15) is 0 Å². The molecule has 10 nitrogen and oxygen atoms in total. The molecular formula is C28H27ClN6O4. The van der Waals surface area contributed by atoms with E-state index < -0.39 is 5.76 Å². The van der Waals surface area contributed by atoms with Crippen molar-refractivity contribution in [3.8, 4) is 0 Å². The predicted molar refractivity (Wildman–Crippen MR) is 148 cm³/mol. The molecule has 200 valence electrons. The van der Waals surface area contributed by atoms with Crippen molar-refractivity contribution in [1.82, 2.24) is 19.4 Å². The van der Waals surface area contributed by atoms with Gasteiger partial charge < -0.3 is 19.5 Å². The van der Waals surface area contributed by atoms with E-state index in [1.54, 1.807) is 31.3 Å². The topological polar surface area (TPSA) is 114 Å². The number of oxazole rings is 1. The first-order chi connectivity index (χ1) is 18.8. The number of amides is 2. The highest BCUT2D eigenvalue weighted by atomic mass is 35.5. The van der Waals surface area contributed by atoms with Gasteiger partial charge in [0.2, 0.25) is 5.78 Å². The number of carbonyl (C=O) groups is 2. The lowest BCUT2D eigenvalue weighted by molar-refractivity contribution is 0.103. The molecule has 4 heterocycles. The summed E-state index contributed by atoms with van der Waals surface area (Å²) in [5.41, 5.74) is 4.31. The van der Waals surface area contributed by atoms with Crippen LogP contribution in [0, 0.1) is 6.92 Å². The summed E-state index contributed by atoms with van der Waals surface area (Å²) < 4.78 is 6.73. The molecule has 0 aliphatic carbocycles. The van der Waals surface area contributed by atoms with Gasteiger partial charge in [-0.05, 0) is 67.6 Å². The lowest BCUT2D eigenvalue weighted by atomic mass is 10.0. The largest absolute Gasteiger partial charge is 0.419 e. The van der Waals surface area contributed by atoms with Crippen molar-refractivity contribution in [2.24, 2.45) is 7.05 Å². The fourth-order valence-corrected chi connectivity index (χ4v) is 5.80. The van der Waals surface area contributed by atoms with Crippen LogP contribution in [0.5, 0.6) is 0 Å². The minimum absolute atomic E-state index is 0.0917. The number of halogens is 1. The van der Waals surface area contributed by atoms with Crippen LogP contribution >= 0.6 is 11.6 Å². The van der Waals surface area contributed by atoms with Gasteiger partial charge in [-0.3, -0.25) is 9.36 Å². The second kappa shape index (κ2) is 9.85. The molecule has 2 aliphatic rings. The number of carbonyl (C=O) groups excluding carboxylic acids is 2. The molecule has 0 spiro atoms. The van der Waals surface area contributed by atoms with E-state index in [1.165, 1.54) is 10.9 Å². The average molecular weight is 547 g/mol. The third-order valence-electron chi connectivity index (χ3n) is 7.64. The number of hydrogen-bond donors (Lipinski definition) is 1. The Morgan fingerprint density at radius 1 is 1.08 bits per heavy atom. The Bertz CT molecular complexity index is 1670. The number of anilines is 2. The summed E-state index contributed by atoms with van der Waals surface area (Å²) in [4.78, 5) is 50.9. The van der Waals surface area contributed by atoms with Crippen molar-refractivity contribution < 1.29 is 14.0 Å². The Morgan fingerprint density at radius 3 is 2.67 bits per heavy atom. The van der Waals surface area contributed by atoms with Crippen LogP contribution in [-0.4, -0.2) is 56.9 Å². The van der Waals surface area contributed by atoms with Crippen molar-refractivity contribution in [2.45, 2.75) is 32.2 Å². The highest BCUT2D eigenvalue weighted by Gasteiger charge is 2.31. The fourth-order valence-electron chi connectivity index (χ4n) is 5.61. The first-order valence-corrected chi connectivity index (χ1v) is 13.2. The summed E-state index contributed by atoms with van der Waals surface area (Å²) in [5.74, 6) is -0.0823. The smallest absolute Gasteiger partial charge is 0.408 e. The van der Waals surface area contributed by atoms with Gasteiger partial charge in [0.05, 0.1) is 5.52 Å². The average Bonchev–Trinajstić information content (AvgIpc) is 3.12. The van der Waals surface area contributed by atoms with Crippen LogP contribution in [0.2, 0.25) is 5.02 Å². The molecule has 2 amide bonds. The standard InChI is InChI=1S/C28H27ClN6O4/c1-16-11-18(13-23-25(16)33(2)28(38)39-23)26(36)22-14-24(31-15-30-22)34-8-6-20(7-9-34)35-10-5-17-12-19(29)3-4-21(17)32-27(35)37/h3-4,11-15,20H,5-10H2,1-2H3,(H,32,37). The van der Waals surface area contributed by atoms with Crippen LogP contribution < -0.4 is 16.0 Å². The predicted octanol–water partition coefficient (Wildman–Crippen LogP) is 4.17. The molecular weight excluding hydrogens is 520 g/mol. The van der Waals surface area contributed by atoms with Crippen LogP contribution in [0.4, 0.5) is 16.3 Å². The van der Waals surface area contributed by atoms with Crippen molar-refractivity contribution in [3.63, 3.8) is 0 Å². The zero-order valence-electron chi connectivity index (χ0n) is 21.6. The first kappa shape index (κ1) is 25.1. The zero-order valence-corrected chi connectivity index (χ0v) is 22.4. The number of fused-ring (bicyclic) bond motifs is 2. The van der Waals surface area contributed by atoms with E-state index in [4.69, 9.17) is 16.0 Å². The van der Waals surface area contributed by atoms with Crippen molar-refractivity contribution in [3.05, 3.63) is 80.7 Å². The van der Waals surface area contributed by atoms with E-state index in [9.17, 15) is 14.4 Å². The number of aryl methyl sites for hydroxylation is 2. The first-order valence-electron chi connectivity index (χ1n) is 12.9. The Hall–Kier alpha value is -4.18. The molecule has 2 aliphatic heterocycles. The number of aromatic nitrogens is 3. The molecule has 1 saturated heterocycles. The Balaban J connectivity index is 1.15. The third-order valence-corrected chi connectivity index (χ3v) is 7.88. The van der Waals surface area contributed by atoms with Crippen LogP contribution in [0.3, 0.4) is 0 Å². The number of nitrogens with zero attached hydrogens (tertiary/aromatic N) is 5. The number of hydrogen-bond acceptors (Lipinski definition) is 7. The van der Waals surface area contributed by atoms with Crippen LogP contribution in [0.15, 0.2) is 51.9 Å². The van der Waals surface area contributed by atoms with Gasteiger partial charge >= 0.3 is 11.8 Å². The zero-order chi connectivity index (χ0) is 27.3. The second-order valence-electron chi connectivity index (χ2n) is 10.1. The maximum atomic E-state index is 13.3. The molecule has 1 N–H and O–H groups in total. The van der Waals surface area contributed by atoms with E-state index in [0.717, 1.165) is 36.1 Å². The Kier molecular flexibility index (Phi) is 6.34. The maximum Gasteiger partial charge on any atom is 0.419 e. The quantitative estimate of drug-likeness (QED) is 0.382. The molecule has 0 saturated carbocycles. The highest BCUT2D eigenvalue weighted by molar-refractivity contribution is 6.30.